The maximum atomic E-state index is 6.19. The van der Waals surface area contributed by atoms with Crippen LogP contribution in [0.1, 0.15) is 37.3 Å². The average molecular weight is 281 g/mol. The molecule has 4 rings (SSSR count). The van der Waals surface area contributed by atoms with Crippen molar-refractivity contribution in [3.8, 4) is 0 Å². The maximum absolute atomic E-state index is 6.19. The van der Waals surface area contributed by atoms with Gasteiger partial charge < -0.3 is 5.73 Å². The number of nitrogens with two attached hydrogens (primary N) is 1. The van der Waals surface area contributed by atoms with Crippen molar-refractivity contribution < 1.29 is 0 Å². The van der Waals surface area contributed by atoms with E-state index in [9.17, 15) is 0 Å². The van der Waals surface area contributed by atoms with Crippen LogP contribution in [0.5, 0.6) is 0 Å². The minimum atomic E-state index is 0.316. The van der Waals surface area contributed by atoms with Crippen LogP contribution in [-0.4, -0.2) is 29.0 Å². The molecule has 0 saturated heterocycles. The maximum Gasteiger partial charge on any atom is 0.0750 e. The standard InChI is InChI=1S/C18H23N3/c19-11-17(21(15-8-9-15)12-13-6-7-13)16-5-1-3-14-4-2-10-20-18(14)16/h1-5,10,13,15,17H,6-9,11-12,19H2. The predicted octanol–water partition coefficient (Wildman–Crippen LogP) is 3.11. The second-order valence-corrected chi connectivity index (χ2v) is 6.55. The van der Waals surface area contributed by atoms with Gasteiger partial charge in [0, 0.05) is 36.8 Å². The van der Waals surface area contributed by atoms with Gasteiger partial charge in [-0.15, -0.1) is 0 Å². The van der Waals surface area contributed by atoms with Crippen molar-refractivity contribution in [2.75, 3.05) is 13.1 Å². The van der Waals surface area contributed by atoms with E-state index in [-0.39, 0.29) is 0 Å². The smallest absolute Gasteiger partial charge is 0.0750 e. The average Bonchev–Trinajstić information content (AvgIpc) is 3.39. The lowest BCUT2D eigenvalue weighted by Gasteiger charge is -2.32. The fourth-order valence-electron chi connectivity index (χ4n) is 3.37. The fourth-order valence-corrected chi connectivity index (χ4v) is 3.37. The second-order valence-electron chi connectivity index (χ2n) is 6.55. The molecule has 3 heteroatoms. The Bertz CT molecular complexity index is 626. The Morgan fingerprint density at radius 3 is 2.67 bits per heavy atom. The molecule has 2 aliphatic carbocycles. The minimum Gasteiger partial charge on any atom is -0.329 e. The zero-order valence-electron chi connectivity index (χ0n) is 12.4. The normalized spacial score (nSPS) is 20.1. The van der Waals surface area contributed by atoms with E-state index in [2.05, 4.69) is 34.1 Å². The lowest BCUT2D eigenvalue weighted by molar-refractivity contribution is 0.183. The van der Waals surface area contributed by atoms with Gasteiger partial charge >= 0.3 is 0 Å². The number of nitrogens with zero attached hydrogens (tertiary/aromatic N) is 2. The van der Waals surface area contributed by atoms with Gasteiger partial charge in [-0.25, -0.2) is 0 Å². The van der Waals surface area contributed by atoms with Crippen molar-refractivity contribution >= 4 is 10.9 Å². The molecule has 21 heavy (non-hydrogen) atoms. The summed E-state index contributed by atoms with van der Waals surface area (Å²) < 4.78 is 0. The van der Waals surface area contributed by atoms with Gasteiger partial charge in [0.25, 0.3) is 0 Å². The van der Waals surface area contributed by atoms with Crippen LogP contribution in [0.15, 0.2) is 36.5 Å². The van der Waals surface area contributed by atoms with Crippen LogP contribution in [-0.2, 0) is 0 Å². The molecule has 1 atom stereocenters. The summed E-state index contributed by atoms with van der Waals surface area (Å²) >= 11 is 0. The number of pyridine rings is 1. The van der Waals surface area contributed by atoms with Crippen molar-refractivity contribution in [2.24, 2.45) is 11.7 Å². The van der Waals surface area contributed by atoms with Crippen molar-refractivity contribution in [1.29, 1.82) is 0 Å². The highest BCUT2D eigenvalue weighted by Gasteiger charge is 2.38. The Balaban J connectivity index is 1.72. The van der Waals surface area contributed by atoms with E-state index in [0.29, 0.717) is 12.6 Å². The second kappa shape index (κ2) is 5.39. The number of para-hydroxylation sites is 1. The first-order valence-corrected chi connectivity index (χ1v) is 8.16. The van der Waals surface area contributed by atoms with Crippen LogP contribution in [0.4, 0.5) is 0 Å². The van der Waals surface area contributed by atoms with Crippen molar-refractivity contribution in [3.63, 3.8) is 0 Å². The van der Waals surface area contributed by atoms with Gasteiger partial charge in [0.15, 0.2) is 0 Å². The van der Waals surface area contributed by atoms with Gasteiger partial charge in [-0.1, -0.05) is 24.3 Å². The first kappa shape index (κ1) is 13.2. The topological polar surface area (TPSA) is 42.1 Å². The van der Waals surface area contributed by atoms with E-state index in [0.717, 1.165) is 17.5 Å². The molecule has 2 fully saturated rings. The van der Waals surface area contributed by atoms with Gasteiger partial charge in [-0.05, 0) is 43.2 Å². The third-order valence-electron chi connectivity index (χ3n) is 4.83. The number of fused-ring (bicyclic) bond motifs is 1. The van der Waals surface area contributed by atoms with Crippen LogP contribution in [0.2, 0.25) is 0 Å². The van der Waals surface area contributed by atoms with Crippen molar-refractivity contribution in [2.45, 2.75) is 37.8 Å². The zero-order valence-corrected chi connectivity index (χ0v) is 12.4. The highest BCUT2D eigenvalue weighted by Crippen LogP contribution is 2.40. The molecule has 1 aromatic carbocycles. The third kappa shape index (κ3) is 2.68. The van der Waals surface area contributed by atoms with Gasteiger partial charge in [0.1, 0.15) is 0 Å². The summed E-state index contributed by atoms with van der Waals surface area (Å²) in [6, 6.07) is 11.7. The zero-order chi connectivity index (χ0) is 14.2. The number of hydrogen-bond acceptors (Lipinski definition) is 3. The predicted molar refractivity (Wildman–Crippen MR) is 86.0 cm³/mol. The monoisotopic (exact) mass is 281 g/mol. The Hall–Kier alpha value is -1.45. The molecule has 1 unspecified atom stereocenters. The molecule has 3 nitrogen and oxygen atoms in total. The number of benzene rings is 1. The van der Waals surface area contributed by atoms with Crippen LogP contribution >= 0.6 is 0 Å². The van der Waals surface area contributed by atoms with Crippen molar-refractivity contribution in [1.82, 2.24) is 9.88 Å². The van der Waals surface area contributed by atoms with Gasteiger partial charge in [-0.2, -0.15) is 0 Å². The molecule has 1 aromatic heterocycles. The number of hydrogen-bond donors (Lipinski definition) is 1. The Kier molecular flexibility index (Phi) is 3.40. The Labute approximate surface area is 126 Å². The quantitative estimate of drug-likeness (QED) is 0.884. The van der Waals surface area contributed by atoms with E-state index in [4.69, 9.17) is 5.73 Å². The summed E-state index contributed by atoms with van der Waals surface area (Å²) in [5.41, 5.74) is 8.62. The van der Waals surface area contributed by atoms with Crippen LogP contribution in [0.25, 0.3) is 10.9 Å². The Morgan fingerprint density at radius 1 is 1.14 bits per heavy atom. The highest BCUT2D eigenvalue weighted by molar-refractivity contribution is 5.82. The SMILES string of the molecule is NCC(c1cccc2cccnc12)N(CC1CC1)C1CC1. The number of rotatable bonds is 6. The molecule has 2 N–H and O–H groups in total. The molecule has 1 heterocycles. The summed E-state index contributed by atoms with van der Waals surface area (Å²) in [5, 5.41) is 1.22. The van der Waals surface area contributed by atoms with E-state index < -0.39 is 0 Å². The lowest BCUT2D eigenvalue weighted by atomic mass is 10.0. The summed E-state index contributed by atoms with van der Waals surface area (Å²) in [7, 11) is 0. The third-order valence-corrected chi connectivity index (χ3v) is 4.83. The summed E-state index contributed by atoms with van der Waals surface area (Å²) in [5.74, 6) is 0.905. The van der Waals surface area contributed by atoms with E-state index in [1.165, 1.54) is 43.2 Å². The minimum absolute atomic E-state index is 0.316. The molecule has 2 aromatic rings. The van der Waals surface area contributed by atoms with E-state index >= 15 is 0 Å². The lowest BCUT2D eigenvalue weighted by Crippen LogP contribution is -2.37. The van der Waals surface area contributed by atoms with E-state index in [1.807, 2.05) is 12.3 Å². The summed E-state index contributed by atoms with van der Waals surface area (Å²) in [6.45, 7) is 1.90. The fraction of sp³-hybridized carbons (Fsp3) is 0.500. The molecule has 110 valence electrons. The largest absolute Gasteiger partial charge is 0.329 e. The number of aromatic nitrogens is 1. The van der Waals surface area contributed by atoms with Crippen LogP contribution < -0.4 is 5.73 Å². The highest BCUT2D eigenvalue weighted by atomic mass is 15.2. The Morgan fingerprint density at radius 2 is 1.95 bits per heavy atom. The van der Waals surface area contributed by atoms with Gasteiger partial charge in [0.05, 0.1) is 5.52 Å². The molecule has 0 aliphatic heterocycles. The first-order chi connectivity index (χ1) is 10.4. The van der Waals surface area contributed by atoms with Gasteiger partial charge in [-0.3, -0.25) is 9.88 Å². The van der Waals surface area contributed by atoms with Gasteiger partial charge in [0.2, 0.25) is 0 Å². The molecule has 2 saturated carbocycles. The molecule has 0 spiro atoms. The molecule has 0 bridgehead atoms. The molecule has 0 radical (unpaired) electrons. The molecule has 0 amide bonds. The summed E-state index contributed by atoms with van der Waals surface area (Å²) in [4.78, 5) is 7.29. The first-order valence-electron chi connectivity index (χ1n) is 8.16. The van der Waals surface area contributed by atoms with Crippen molar-refractivity contribution in [3.05, 3.63) is 42.1 Å². The summed E-state index contributed by atoms with van der Waals surface area (Å²) in [6.07, 6.45) is 7.35. The van der Waals surface area contributed by atoms with Crippen LogP contribution in [0, 0.1) is 5.92 Å². The molecular weight excluding hydrogens is 258 g/mol. The molecular formula is C18H23N3. The van der Waals surface area contributed by atoms with E-state index in [1.54, 1.807) is 0 Å². The molecule has 2 aliphatic rings. The van der Waals surface area contributed by atoms with Crippen LogP contribution in [0.3, 0.4) is 0 Å².